The minimum absolute atomic E-state index is 0.0292. The molecule has 1 saturated carbocycles. The molecule has 0 unspecified atom stereocenters. The molecule has 3 aliphatic rings. The van der Waals surface area contributed by atoms with Crippen molar-refractivity contribution in [2.75, 3.05) is 18.0 Å². The van der Waals surface area contributed by atoms with E-state index in [0.29, 0.717) is 11.6 Å². The Bertz CT molecular complexity index is 1450. The standard InChI is InChI=1S/C29H30F2N6O3/c1-18(2)37(8-6-30)28(38)21-9-19(31)3-4-24(21)40-26-14-33-17-35-27(26)36-15-29(16-36)10-20(11-29)39-25-5-7-34-23-13-32-12-22(23)25/h3-9,14,17-18,20,32H,10-13,15-16H2,1-2H3. The summed E-state index contributed by atoms with van der Waals surface area (Å²) >= 11 is 0. The predicted molar refractivity (Wildman–Crippen MR) is 143 cm³/mol. The Morgan fingerprint density at radius 3 is 2.77 bits per heavy atom. The number of benzene rings is 1. The lowest BCUT2D eigenvalue weighted by atomic mass is 9.61. The van der Waals surface area contributed by atoms with Crippen LogP contribution in [0.4, 0.5) is 14.6 Å². The van der Waals surface area contributed by atoms with Crippen molar-refractivity contribution in [3.05, 3.63) is 78.2 Å². The van der Waals surface area contributed by atoms with E-state index in [4.69, 9.17) is 9.47 Å². The van der Waals surface area contributed by atoms with Crippen LogP contribution in [0.25, 0.3) is 0 Å². The second-order valence-corrected chi connectivity index (χ2v) is 10.9. The van der Waals surface area contributed by atoms with Crippen LogP contribution in [-0.2, 0) is 13.1 Å². The maximum atomic E-state index is 14.2. The Morgan fingerprint density at radius 1 is 1.18 bits per heavy atom. The molecular weight excluding hydrogens is 518 g/mol. The first-order valence-electron chi connectivity index (χ1n) is 13.3. The van der Waals surface area contributed by atoms with Crippen molar-refractivity contribution in [2.45, 2.75) is 51.9 Å². The highest BCUT2D eigenvalue weighted by atomic mass is 19.1. The number of pyridine rings is 1. The van der Waals surface area contributed by atoms with Crippen LogP contribution >= 0.6 is 0 Å². The summed E-state index contributed by atoms with van der Waals surface area (Å²) < 4.78 is 39.6. The first kappa shape index (κ1) is 26.1. The lowest BCUT2D eigenvalue weighted by Gasteiger charge is -2.58. The minimum Gasteiger partial charge on any atom is -0.490 e. The Kier molecular flexibility index (Phi) is 6.83. The molecule has 1 saturated heterocycles. The van der Waals surface area contributed by atoms with Gasteiger partial charge in [0.2, 0.25) is 0 Å². The topological polar surface area (TPSA) is 92.7 Å². The lowest BCUT2D eigenvalue weighted by molar-refractivity contribution is -0.0348. The molecule has 208 valence electrons. The van der Waals surface area contributed by atoms with Crippen molar-refractivity contribution < 1.29 is 23.0 Å². The largest absolute Gasteiger partial charge is 0.490 e. The van der Waals surface area contributed by atoms with Gasteiger partial charge in [0.05, 0.1) is 17.5 Å². The monoisotopic (exact) mass is 548 g/mol. The average molecular weight is 549 g/mol. The molecule has 1 aliphatic carbocycles. The second kappa shape index (κ2) is 10.5. The van der Waals surface area contributed by atoms with E-state index in [2.05, 4.69) is 25.2 Å². The van der Waals surface area contributed by atoms with Crippen molar-refractivity contribution in [3.63, 3.8) is 0 Å². The Hall–Kier alpha value is -4.12. The van der Waals surface area contributed by atoms with Crippen LogP contribution in [0.1, 0.15) is 48.3 Å². The molecule has 0 bridgehead atoms. The summed E-state index contributed by atoms with van der Waals surface area (Å²) in [5.41, 5.74) is 2.32. The predicted octanol–water partition coefficient (Wildman–Crippen LogP) is 4.75. The van der Waals surface area contributed by atoms with E-state index < -0.39 is 11.7 Å². The summed E-state index contributed by atoms with van der Waals surface area (Å²) in [5, 5.41) is 3.32. The van der Waals surface area contributed by atoms with Gasteiger partial charge in [0.15, 0.2) is 11.6 Å². The molecule has 40 heavy (non-hydrogen) atoms. The van der Waals surface area contributed by atoms with Crippen molar-refractivity contribution in [3.8, 4) is 17.2 Å². The number of hydrogen-bond acceptors (Lipinski definition) is 8. The van der Waals surface area contributed by atoms with E-state index in [1.54, 1.807) is 20.0 Å². The molecule has 4 heterocycles. The number of aromatic nitrogens is 3. The van der Waals surface area contributed by atoms with Gasteiger partial charge in [-0.3, -0.25) is 9.78 Å². The molecule has 2 aliphatic heterocycles. The molecule has 9 nitrogen and oxygen atoms in total. The fourth-order valence-corrected chi connectivity index (χ4v) is 5.78. The number of amides is 1. The van der Waals surface area contributed by atoms with Crippen LogP contribution in [-0.4, -0.2) is 51.0 Å². The Balaban J connectivity index is 1.14. The summed E-state index contributed by atoms with van der Waals surface area (Å²) in [5.74, 6) is 0.799. The fraction of sp³-hybridized carbons (Fsp3) is 0.379. The second-order valence-electron chi connectivity index (χ2n) is 10.9. The lowest BCUT2D eigenvalue weighted by Crippen LogP contribution is -2.65. The van der Waals surface area contributed by atoms with E-state index in [1.807, 2.05) is 6.07 Å². The van der Waals surface area contributed by atoms with E-state index in [-0.39, 0.29) is 35.2 Å². The first-order chi connectivity index (χ1) is 19.4. The molecule has 1 aromatic carbocycles. The number of hydrogen-bond donors (Lipinski definition) is 1. The molecule has 2 aromatic heterocycles. The third-order valence-electron chi connectivity index (χ3n) is 7.72. The smallest absolute Gasteiger partial charge is 0.262 e. The first-order valence-corrected chi connectivity index (χ1v) is 13.3. The van der Waals surface area contributed by atoms with Gasteiger partial charge < -0.3 is 24.6 Å². The zero-order valence-electron chi connectivity index (χ0n) is 22.3. The molecule has 1 amide bonds. The van der Waals surface area contributed by atoms with Gasteiger partial charge in [-0.15, -0.1) is 0 Å². The summed E-state index contributed by atoms with van der Waals surface area (Å²) in [4.78, 5) is 29.4. The van der Waals surface area contributed by atoms with Crippen molar-refractivity contribution >= 4 is 11.7 Å². The maximum absolute atomic E-state index is 14.2. The van der Waals surface area contributed by atoms with Gasteiger partial charge in [0, 0.05) is 55.6 Å². The van der Waals surface area contributed by atoms with Crippen LogP contribution in [0.3, 0.4) is 0 Å². The van der Waals surface area contributed by atoms with Gasteiger partial charge in [0.1, 0.15) is 36.1 Å². The van der Waals surface area contributed by atoms with Gasteiger partial charge in [0.25, 0.3) is 5.91 Å². The molecule has 2 fully saturated rings. The molecule has 1 spiro atoms. The van der Waals surface area contributed by atoms with Crippen LogP contribution in [0.5, 0.6) is 17.2 Å². The molecule has 1 N–H and O–H groups in total. The number of carbonyl (C=O) groups excluding carboxylic acids is 1. The molecule has 11 heteroatoms. The number of halogens is 2. The zero-order valence-corrected chi connectivity index (χ0v) is 22.3. The van der Waals surface area contributed by atoms with Gasteiger partial charge in [-0.1, -0.05) is 0 Å². The van der Waals surface area contributed by atoms with Crippen molar-refractivity contribution in [1.82, 2.24) is 25.2 Å². The summed E-state index contributed by atoms with van der Waals surface area (Å²) in [6, 6.07) is 5.27. The van der Waals surface area contributed by atoms with Crippen LogP contribution in [0, 0.1) is 11.2 Å². The highest BCUT2D eigenvalue weighted by Crippen LogP contribution is 2.52. The van der Waals surface area contributed by atoms with Crippen LogP contribution in [0.2, 0.25) is 0 Å². The number of carbonyl (C=O) groups is 1. The highest BCUT2D eigenvalue weighted by Gasteiger charge is 2.54. The van der Waals surface area contributed by atoms with E-state index in [0.717, 1.165) is 68.3 Å². The van der Waals surface area contributed by atoms with Gasteiger partial charge >= 0.3 is 0 Å². The number of rotatable bonds is 8. The highest BCUT2D eigenvalue weighted by molar-refractivity contribution is 5.97. The van der Waals surface area contributed by atoms with Crippen molar-refractivity contribution in [2.24, 2.45) is 5.41 Å². The summed E-state index contributed by atoms with van der Waals surface area (Å²) in [6.45, 7) is 6.60. The molecule has 0 radical (unpaired) electrons. The number of anilines is 1. The fourth-order valence-electron chi connectivity index (χ4n) is 5.78. The Morgan fingerprint density at radius 2 is 2.00 bits per heavy atom. The molecule has 3 aromatic rings. The molecule has 0 atom stereocenters. The van der Waals surface area contributed by atoms with Gasteiger partial charge in [-0.2, -0.15) is 0 Å². The van der Waals surface area contributed by atoms with Crippen molar-refractivity contribution in [1.29, 1.82) is 0 Å². The van der Waals surface area contributed by atoms with E-state index in [9.17, 15) is 13.6 Å². The minimum atomic E-state index is -0.604. The maximum Gasteiger partial charge on any atom is 0.262 e. The van der Waals surface area contributed by atoms with Crippen LogP contribution < -0.4 is 19.7 Å². The SMILES string of the molecule is CC(C)N(C=CF)C(=O)c1cc(F)ccc1Oc1cncnc1N1CC2(CC(Oc3ccnc4c3CNC4)C2)C1. The zero-order chi connectivity index (χ0) is 27.9. The van der Waals surface area contributed by atoms with E-state index >= 15 is 0 Å². The molecule has 6 rings (SSSR count). The summed E-state index contributed by atoms with van der Waals surface area (Å²) in [6.07, 6.45) is 8.11. The number of nitrogens with one attached hydrogen (secondary N) is 1. The summed E-state index contributed by atoms with van der Waals surface area (Å²) in [7, 11) is 0. The Labute approximate surface area is 230 Å². The van der Waals surface area contributed by atoms with Gasteiger partial charge in [-0.05, 0) is 51.0 Å². The molecular formula is C29H30F2N6O3. The third-order valence-corrected chi connectivity index (χ3v) is 7.72. The number of nitrogens with zero attached hydrogens (tertiary/aromatic N) is 5. The normalized spacial score (nSPS) is 17.6. The third kappa shape index (κ3) is 4.85. The number of fused-ring (bicyclic) bond motifs is 1. The van der Waals surface area contributed by atoms with E-state index in [1.165, 1.54) is 29.6 Å². The van der Waals surface area contributed by atoms with Gasteiger partial charge in [-0.25, -0.2) is 18.7 Å². The average Bonchev–Trinajstić information content (AvgIpc) is 3.39. The number of ether oxygens (including phenoxy) is 2. The van der Waals surface area contributed by atoms with Crippen LogP contribution in [0.15, 0.2) is 55.5 Å². The quantitative estimate of drug-likeness (QED) is 0.432.